The first-order valence-corrected chi connectivity index (χ1v) is 29.6. The molecule has 1 aliphatic rings. The van der Waals surface area contributed by atoms with Gasteiger partial charge in [0.25, 0.3) is 5.69 Å². The molecule has 0 aromatic heterocycles. The Morgan fingerprint density at radius 3 is 1.46 bits per heavy atom. The van der Waals surface area contributed by atoms with E-state index in [9.17, 15) is 38.9 Å². The number of nitrogens with zero attached hydrogens (tertiary/aromatic N) is 1. The zero-order valence-electron chi connectivity index (χ0n) is 46.6. The van der Waals surface area contributed by atoms with Crippen molar-refractivity contribution in [2.45, 2.75) is 83.5 Å². The van der Waals surface area contributed by atoms with E-state index >= 15 is 4.57 Å². The minimum Gasteiger partial charge on any atom is -0.461 e. The summed E-state index contributed by atoms with van der Waals surface area (Å²) >= 11 is 0. The molecule has 18 nitrogen and oxygen atoms in total. The van der Waals surface area contributed by atoms with Crippen LogP contribution in [0.25, 0.3) is 11.1 Å². The number of ketones is 1. The predicted octanol–water partition coefficient (Wildman–Crippen LogP) is 12.3. The Hall–Kier alpha value is -9.09. The first kappa shape index (κ1) is 62.0. The summed E-state index contributed by atoms with van der Waals surface area (Å²) in [6.07, 6.45) is -3.28. The number of hydrogen-bond donors (Lipinski definition) is 1. The van der Waals surface area contributed by atoms with Crippen molar-refractivity contribution >= 4 is 49.0 Å². The van der Waals surface area contributed by atoms with E-state index in [-0.39, 0.29) is 76.7 Å². The number of carbonyl (C=O) groups is 6. The first-order valence-electron chi connectivity index (χ1n) is 27.8. The largest absolute Gasteiger partial charge is 0.461 e. The number of nitro groups is 1. The summed E-state index contributed by atoms with van der Waals surface area (Å²) in [6.45, 7) is -1.38. The molecule has 1 amide bonds. The van der Waals surface area contributed by atoms with Gasteiger partial charge in [-0.05, 0) is 81.5 Å². The van der Waals surface area contributed by atoms with Gasteiger partial charge in [-0.3, -0.25) is 33.9 Å². The maximum absolute atomic E-state index is 15.1. The van der Waals surface area contributed by atoms with Crippen LogP contribution in [0.1, 0.15) is 83.4 Å². The first-order chi connectivity index (χ1) is 41.3. The highest BCUT2D eigenvalue weighted by atomic mass is 31.2. The molecule has 0 bridgehead atoms. The Labute approximate surface area is 492 Å². The summed E-state index contributed by atoms with van der Waals surface area (Å²) in [7, 11) is -4.48. The molecule has 3 unspecified atom stereocenters. The quantitative estimate of drug-likeness (QED) is 0.0136. The molecule has 4 atom stereocenters. The fourth-order valence-corrected chi connectivity index (χ4v) is 11.4. The van der Waals surface area contributed by atoms with Crippen LogP contribution >= 0.6 is 7.60 Å². The second-order valence-electron chi connectivity index (χ2n) is 20.3. The van der Waals surface area contributed by atoms with Crippen LogP contribution in [0, 0.1) is 22.0 Å². The molecule has 0 heterocycles. The van der Waals surface area contributed by atoms with Gasteiger partial charge in [0, 0.05) is 37.3 Å². The number of nitrogens with one attached hydrogen (secondary N) is 1. The maximum Gasteiger partial charge on any atom is 0.407 e. The molecule has 7 aromatic carbocycles. The highest BCUT2D eigenvalue weighted by Crippen LogP contribution is 2.52. The van der Waals surface area contributed by atoms with Crippen molar-refractivity contribution in [3.05, 3.63) is 243 Å². The van der Waals surface area contributed by atoms with Gasteiger partial charge in [-0.15, -0.1) is 0 Å². The number of amides is 1. The second kappa shape index (κ2) is 31.5. The van der Waals surface area contributed by atoms with Crippen molar-refractivity contribution in [1.29, 1.82) is 0 Å². The molecular weight excluding hydrogens is 1110 g/mol. The Kier molecular flexibility index (Phi) is 23.0. The summed E-state index contributed by atoms with van der Waals surface area (Å²) < 4.78 is 55.6. The van der Waals surface area contributed by atoms with Gasteiger partial charge in [-0.2, -0.15) is 0 Å². The van der Waals surface area contributed by atoms with Crippen molar-refractivity contribution < 1.29 is 71.0 Å². The molecular formula is C66H65N2O16P. The fourth-order valence-electron chi connectivity index (χ4n) is 9.56. The van der Waals surface area contributed by atoms with E-state index in [4.69, 9.17) is 32.7 Å². The third-order valence-electron chi connectivity index (χ3n) is 14.2. The Balaban J connectivity index is 0.973. The van der Waals surface area contributed by atoms with E-state index in [1.54, 1.807) is 109 Å². The van der Waals surface area contributed by atoms with Crippen molar-refractivity contribution in [3.63, 3.8) is 0 Å². The molecule has 19 heteroatoms. The van der Waals surface area contributed by atoms with Crippen LogP contribution in [0.3, 0.4) is 0 Å². The van der Waals surface area contributed by atoms with Crippen LogP contribution < -0.4 is 5.32 Å². The van der Waals surface area contributed by atoms with Gasteiger partial charge < -0.3 is 38.0 Å². The molecule has 0 saturated heterocycles. The van der Waals surface area contributed by atoms with Crippen molar-refractivity contribution in [3.8, 4) is 11.1 Å². The minimum atomic E-state index is -4.48. The minimum absolute atomic E-state index is 0.0275. The number of non-ortho nitro benzene ring substituents is 1. The Morgan fingerprint density at radius 2 is 0.941 bits per heavy atom. The van der Waals surface area contributed by atoms with Gasteiger partial charge in [-0.25, -0.2) is 9.59 Å². The zero-order chi connectivity index (χ0) is 59.8. The number of rotatable bonds is 32. The molecule has 0 fully saturated rings. The smallest absolute Gasteiger partial charge is 0.407 e. The highest BCUT2D eigenvalue weighted by Gasteiger charge is 2.36. The summed E-state index contributed by atoms with van der Waals surface area (Å²) in [5, 5.41) is 14.1. The van der Waals surface area contributed by atoms with E-state index in [1.165, 1.54) is 24.3 Å². The third-order valence-corrected chi connectivity index (χ3v) is 16.1. The van der Waals surface area contributed by atoms with Gasteiger partial charge in [-0.1, -0.05) is 170 Å². The molecule has 85 heavy (non-hydrogen) atoms. The number of Topliss-reactive ketones (excluding diaryl/α,β-unsaturated/α-hetero) is 1. The third kappa shape index (κ3) is 19.2. The lowest BCUT2D eigenvalue weighted by Crippen LogP contribution is -2.42. The maximum atomic E-state index is 15.1. The number of fused-ring (bicyclic) bond motifs is 3. The van der Waals surface area contributed by atoms with Crippen molar-refractivity contribution in [2.24, 2.45) is 11.8 Å². The molecule has 0 saturated carbocycles. The molecule has 0 radical (unpaired) electrons. The van der Waals surface area contributed by atoms with Gasteiger partial charge in [0.2, 0.25) is 0 Å². The van der Waals surface area contributed by atoms with Gasteiger partial charge in [0.1, 0.15) is 44.9 Å². The number of alkyl carbamates (subject to hydrolysis) is 1. The van der Waals surface area contributed by atoms with E-state index in [0.717, 1.165) is 27.8 Å². The molecule has 0 spiro atoms. The lowest BCUT2D eigenvalue weighted by atomic mass is 9.96. The Bertz CT molecular complexity index is 3360. The predicted molar refractivity (Wildman–Crippen MR) is 313 cm³/mol. The number of benzene rings is 7. The van der Waals surface area contributed by atoms with E-state index in [1.807, 2.05) is 60.7 Å². The molecule has 440 valence electrons. The number of ether oxygens (including phenoxy) is 5. The lowest BCUT2D eigenvalue weighted by molar-refractivity contribution is -0.384. The summed E-state index contributed by atoms with van der Waals surface area (Å²) in [6, 6.07) is 55.2. The fraction of sp³-hybridized carbons (Fsp3) is 0.273. The summed E-state index contributed by atoms with van der Waals surface area (Å²) in [5.74, 6) is -6.34. The highest BCUT2D eigenvalue weighted by molar-refractivity contribution is 7.53. The van der Waals surface area contributed by atoms with Gasteiger partial charge >= 0.3 is 37.6 Å². The van der Waals surface area contributed by atoms with Gasteiger partial charge in [0.05, 0.1) is 36.1 Å². The van der Waals surface area contributed by atoms with Crippen LogP contribution in [0.15, 0.2) is 194 Å². The molecule has 7 aromatic rings. The summed E-state index contributed by atoms with van der Waals surface area (Å²) in [5.41, 5.74) is 6.94. The Morgan fingerprint density at radius 1 is 0.482 bits per heavy atom. The topological polar surface area (TPSA) is 239 Å². The van der Waals surface area contributed by atoms with E-state index in [0.29, 0.717) is 22.3 Å². The average molecular weight is 1170 g/mol. The number of esters is 4. The van der Waals surface area contributed by atoms with Crippen LogP contribution in [-0.4, -0.2) is 66.1 Å². The second-order valence-corrected chi connectivity index (χ2v) is 22.4. The molecule has 1 aliphatic carbocycles. The van der Waals surface area contributed by atoms with Crippen LogP contribution in [0.4, 0.5) is 10.5 Å². The number of hydrogen-bond acceptors (Lipinski definition) is 16. The average Bonchev–Trinajstić information content (AvgIpc) is 2.12. The van der Waals surface area contributed by atoms with Crippen molar-refractivity contribution in [2.75, 3.05) is 19.4 Å². The van der Waals surface area contributed by atoms with Crippen LogP contribution in [-0.2, 0) is 94.3 Å². The monoisotopic (exact) mass is 1170 g/mol. The van der Waals surface area contributed by atoms with Crippen molar-refractivity contribution in [1.82, 2.24) is 5.32 Å². The van der Waals surface area contributed by atoms with E-state index in [2.05, 4.69) is 5.32 Å². The van der Waals surface area contributed by atoms with Gasteiger partial charge in [0.15, 0.2) is 0 Å². The normalized spacial score (nSPS) is 13.3. The SMILES string of the molecule is O=C(CC[C@H](NC(=O)OCC1c2ccccc2-c2ccccc21)C(=O)OCc1ccccc1)CC(CCOP(=O)(CC(CCC(=O)OCc1ccccc1)C(=O)OCc1ccccc1)OCc1ccc([N+](=O)[O-])cc1)C(=O)OCc1ccccc1. The number of carbonyl (C=O) groups excluding carboxylic acids is 6. The lowest BCUT2D eigenvalue weighted by Gasteiger charge is -2.24. The molecule has 8 rings (SSSR count). The van der Waals surface area contributed by atoms with Crippen LogP contribution in [0.2, 0.25) is 0 Å². The van der Waals surface area contributed by atoms with Crippen LogP contribution in [0.5, 0.6) is 0 Å². The molecule has 0 aliphatic heterocycles. The zero-order valence-corrected chi connectivity index (χ0v) is 47.5. The number of nitro benzene ring substituents is 1. The standard InChI is InChI=1S/C66H65N2O16P/c69-55(34-35-61(65(73)81-43-50-23-11-4-12-24-50)67-66(74)82-45-60-58-27-15-13-25-56(58)57-26-14-16-28-59(57)60)39-52(63(71)79-41-48-19-7-2-8-20-48)37-38-83-85(77,84-44-51-29-32-54(33-30-51)68(75)76)46-53(64(72)80-42-49-21-9-3-10-22-49)31-36-62(70)78-40-47-17-5-1-6-18-47/h1-30,32-33,52-53,60-61H,31,34-46H2,(H,67,74)/t52?,53?,61-,85?/m0/s1. The molecule has 1 N–H and O–H groups in total. The van der Waals surface area contributed by atoms with E-state index < -0.39 is 91.9 Å². The summed E-state index contributed by atoms with van der Waals surface area (Å²) in [4.78, 5) is 93.6.